The lowest BCUT2D eigenvalue weighted by Crippen LogP contribution is -2.44. The molecule has 0 unspecified atom stereocenters. The third-order valence-corrected chi connectivity index (χ3v) is 4.12. The van der Waals surface area contributed by atoms with Gasteiger partial charge < -0.3 is 5.32 Å². The monoisotopic (exact) mass is 411 g/mol. The van der Waals surface area contributed by atoms with E-state index in [4.69, 9.17) is 11.6 Å². The Kier molecular flexibility index (Phi) is 7.22. The smallest absolute Gasteiger partial charge is 0.317 e. The average molecular weight is 412 g/mol. The molecule has 3 N–H and O–H groups in total. The summed E-state index contributed by atoms with van der Waals surface area (Å²) < 4.78 is 24.1. The molecule has 0 bridgehead atoms. The second kappa shape index (κ2) is 9.41. The van der Waals surface area contributed by atoms with Gasteiger partial charge in [-0.25, -0.2) is 9.97 Å². The largest absolute Gasteiger partial charge is 0.345 e. The van der Waals surface area contributed by atoms with Crippen LogP contribution in [0.3, 0.4) is 0 Å². The number of alkyl halides is 2. The first kappa shape index (κ1) is 21.5. The Morgan fingerprint density at radius 2 is 1.79 bits per heavy atom. The minimum Gasteiger partial charge on any atom is -0.345 e. The molecule has 1 aliphatic rings. The van der Waals surface area contributed by atoms with E-state index in [2.05, 4.69) is 15.3 Å². The van der Waals surface area contributed by atoms with Crippen molar-refractivity contribution in [2.75, 3.05) is 5.32 Å². The zero-order chi connectivity index (χ0) is 20.7. The molecule has 10 heteroatoms. The van der Waals surface area contributed by atoms with Crippen LogP contribution < -0.4 is 16.2 Å². The molecule has 0 aliphatic heterocycles. The van der Waals surface area contributed by atoms with Crippen molar-refractivity contribution in [1.82, 2.24) is 20.8 Å². The summed E-state index contributed by atoms with van der Waals surface area (Å²) in [5, 5.41) is 3.86. The molecule has 7 nitrogen and oxygen atoms in total. The fraction of sp³-hybridized carbons (Fsp3) is 0.333. The molecule has 0 spiro atoms. The van der Waals surface area contributed by atoms with E-state index in [9.17, 15) is 18.4 Å². The first-order valence-corrected chi connectivity index (χ1v) is 9.02. The first-order valence-electron chi connectivity index (χ1n) is 8.64. The van der Waals surface area contributed by atoms with Gasteiger partial charge in [-0.2, -0.15) is 8.78 Å². The fourth-order valence-electron chi connectivity index (χ4n) is 2.37. The molecule has 28 heavy (non-hydrogen) atoms. The zero-order valence-corrected chi connectivity index (χ0v) is 16.1. The third-order valence-electron chi connectivity index (χ3n) is 3.89. The molecule has 0 saturated heterocycles. The Balaban J connectivity index is 0.00000136. The number of rotatable bonds is 5. The summed E-state index contributed by atoms with van der Waals surface area (Å²) in [5.41, 5.74) is 4.20. The predicted molar refractivity (Wildman–Crippen MR) is 101 cm³/mol. The van der Waals surface area contributed by atoms with Crippen LogP contribution in [0.5, 0.6) is 0 Å². The predicted octanol–water partition coefficient (Wildman–Crippen LogP) is 3.28. The van der Waals surface area contributed by atoms with Crippen LogP contribution in [0, 0.1) is 0 Å². The highest BCUT2D eigenvalue weighted by Crippen LogP contribution is 2.48. The van der Waals surface area contributed by atoms with Crippen LogP contribution in [-0.4, -0.2) is 28.2 Å². The highest BCUT2D eigenvalue weighted by Gasteiger charge is 2.45. The SMILES string of the molecule is CC.O=C(NNC(=O)C(F)F)c1cnc(NC2(c3cccc(Cl)c3)CC2)nc1. The van der Waals surface area contributed by atoms with Crippen LogP contribution in [0.25, 0.3) is 0 Å². The molecular formula is C18H20ClF2N5O2. The summed E-state index contributed by atoms with van der Waals surface area (Å²) in [6, 6.07) is 7.48. The van der Waals surface area contributed by atoms with Crippen molar-refractivity contribution in [2.24, 2.45) is 0 Å². The maximum Gasteiger partial charge on any atom is 0.317 e. The van der Waals surface area contributed by atoms with Gasteiger partial charge in [0.15, 0.2) is 0 Å². The lowest BCUT2D eigenvalue weighted by molar-refractivity contribution is -0.132. The molecular weight excluding hydrogens is 392 g/mol. The number of hydrogen-bond donors (Lipinski definition) is 3. The fourth-order valence-corrected chi connectivity index (χ4v) is 2.56. The standard InChI is InChI=1S/C16H14ClF2N5O2.C2H6/c17-11-3-1-2-10(6-11)16(4-5-16)22-15-20-7-9(8-21-15)13(25)23-24-14(26)12(18)19;1-2/h1-3,6-8,12H,4-5H2,(H,23,25)(H,24,26)(H,20,21,22);1-2H3. The number of carbonyl (C=O) groups is 2. The number of aromatic nitrogens is 2. The molecule has 3 rings (SSSR count). The van der Waals surface area contributed by atoms with Crippen LogP contribution >= 0.6 is 11.6 Å². The lowest BCUT2D eigenvalue weighted by atomic mass is 10.1. The molecule has 1 aliphatic carbocycles. The highest BCUT2D eigenvalue weighted by atomic mass is 35.5. The Labute approximate surface area is 165 Å². The van der Waals surface area contributed by atoms with Gasteiger partial charge in [-0.3, -0.25) is 20.4 Å². The third kappa shape index (κ3) is 5.35. The number of hydrazine groups is 1. The summed E-state index contributed by atoms with van der Waals surface area (Å²) >= 11 is 6.03. The van der Waals surface area contributed by atoms with Gasteiger partial charge in [0.1, 0.15) is 0 Å². The molecule has 0 radical (unpaired) electrons. The van der Waals surface area contributed by atoms with Crippen LogP contribution in [0.2, 0.25) is 5.02 Å². The summed E-state index contributed by atoms with van der Waals surface area (Å²) in [5.74, 6) is -2.09. The number of anilines is 1. The minimum absolute atomic E-state index is 0.0118. The summed E-state index contributed by atoms with van der Waals surface area (Å²) in [6.07, 6.45) is 1.01. The molecule has 1 fully saturated rings. The molecule has 0 atom stereocenters. The van der Waals surface area contributed by atoms with Crippen LogP contribution in [-0.2, 0) is 10.3 Å². The summed E-state index contributed by atoms with van der Waals surface area (Å²) in [7, 11) is 0. The van der Waals surface area contributed by atoms with Gasteiger partial charge in [0, 0.05) is 17.4 Å². The van der Waals surface area contributed by atoms with Crippen molar-refractivity contribution < 1.29 is 18.4 Å². The second-order valence-electron chi connectivity index (χ2n) is 5.76. The van der Waals surface area contributed by atoms with E-state index in [1.54, 1.807) is 11.5 Å². The Morgan fingerprint density at radius 3 is 2.32 bits per heavy atom. The van der Waals surface area contributed by atoms with Gasteiger partial charge >= 0.3 is 12.3 Å². The number of nitrogens with zero attached hydrogens (tertiary/aromatic N) is 2. The van der Waals surface area contributed by atoms with Crippen molar-refractivity contribution >= 4 is 29.4 Å². The Hall–Kier alpha value is -2.81. The molecule has 150 valence electrons. The highest BCUT2D eigenvalue weighted by molar-refractivity contribution is 6.30. The van der Waals surface area contributed by atoms with Crippen molar-refractivity contribution in [1.29, 1.82) is 0 Å². The van der Waals surface area contributed by atoms with E-state index in [1.807, 2.05) is 37.5 Å². The van der Waals surface area contributed by atoms with Crippen molar-refractivity contribution in [3.05, 3.63) is 52.8 Å². The topological polar surface area (TPSA) is 96.0 Å². The Bertz CT molecular complexity index is 829. The van der Waals surface area contributed by atoms with Crippen LogP contribution in [0.1, 0.15) is 42.6 Å². The van der Waals surface area contributed by atoms with E-state index in [1.165, 1.54) is 12.4 Å². The molecule has 1 heterocycles. The van der Waals surface area contributed by atoms with E-state index >= 15 is 0 Å². The van der Waals surface area contributed by atoms with Crippen molar-refractivity contribution in [3.63, 3.8) is 0 Å². The zero-order valence-electron chi connectivity index (χ0n) is 15.3. The maximum absolute atomic E-state index is 12.1. The van der Waals surface area contributed by atoms with Gasteiger partial charge in [-0.15, -0.1) is 0 Å². The Morgan fingerprint density at radius 1 is 1.14 bits per heavy atom. The maximum atomic E-state index is 12.1. The average Bonchev–Trinajstić information content (AvgIpc) is 3.48. The number of halogens is 3. The van der Waals surface area contributed by atoms with E-state index in [-0.39, 0.29) is 11.1 Å². The lowest BCUT2D eigenvalue weighted by Gasteiger charge is -2.18. The molecule has 2 amide bonds. The number of carbonyl (C=O) groups excluding carboxylic acids is 2. The van der Waals surface area contributed by atoms with Gasteiger partial charge in [-0.1, -0.05) is 37.6 Å². The van der Waals surface area contributed by atoms with Crippen molar-refractivity contribution in [3.8, 4) is 0 Å². The quantitative estimate of drug-likeness (QED) is 0.656. The first-order chi connectivity index (χ1) is 13.4. The van der Waals surface area contributed by atoms with E-state index < -0.39 is 18.2 Å². The number of nitrogens with one attached hydrogen (secondary N) is 3. The van der Waals surface area contributed by atoms with E-state index in [0.717, 1.165) is 18.4 Å². The molecule has 1 aromatic heterocycles. The van der Waals surface area contributed by atoms with Crippen LogP contribution in [0.4, 0.5) is 14.7 Å². The normalized spacial score (nSPS) is 13.8. The van der Waals surface area contributed by atoms with Crippen LogP contribution in [0.15, 0.2) is 36.7 Å². The molecule has 2 aromatic rings. The summed E-state index contributed by atoms with van der Waals surface area (Å²) in [4.78, 5) is 30.6. The number of amides is 2. The van der Waals surface area contributed by atoms with Crippen molar-refractivity contribution in [2.45, 2.75) is 38.7 Å². The molecule has 1 saturated carbocycles. The summed E-state index contributed by atoms with van der Waals surface area (Å²) in [6.45, 7) is 4.00. The van der Waals surface area contributed by atoms with Gasteiger partial charge in [-0.05, 0) is 30.5 Å². The second-order valence-corrected chi connectivity index (χ2v) is 6.19. The number of hydrogen-bond acceptors (Lipinski definition) is 5. The van der Waals surface area contributed by atoms with Gasteiger partial charge in [0.2, 0.25) is 5.95 Å². The van der Waals surface area contributed by atoms with E-state index in [0.29, 0.717) is 11.0 Å². The van der Waals surface area contributed by atoms with Gasteiger partial charge in [0.25, 0.3) is 5.91 Å². The van der Waals surface area contributed by atoms with Gasteiger partial charge in [0.05, 0.1) is 11.1 Å². The molecule has 1 aromatic carbocycles. The minimum atomic E-state index is -3.22. The number of benzene rings is 1.